The number of aromatic nitrogens is 3. The number of carbonyl (C=O) groups excluding carboxylic acids is 1. The van der Waals surface area contributed by atoms with Crippen molar-refractivity contribution >= 4 is 17.7 Å². The lowest BCUT2D eigenvalue weighted by molar-refractivity contribution is 0.0954. The van der Waals surface area contributed by atoms with Gasteiger partial charge in [-0.15, -0.1) is 0 Å². The number of furan rings is 1. The Labute approximate surface area is 157 Å². The van der Waals surface area contributed by atoms with Gasteiger partial charge in [0.25, 0.3) is 5.91 Å². The van der Waals surface area contributed by atoms with Crippen LogP contribution in [0.1, 0.15) is 28.4 Å². The minimum absolute atomic E-state index is 0.0576. The molecular formula is C19H22N4O2S. The van der Waals surface area contributed by atoms with Crippen LogP contribution in [0.25, 0.3) is 11.4 Å². The van der Waals surface area contributed by atoms with Crippen LogP contribution in [-0.2, 0) is 12.8 Å². The van der Waals surface area contributed by atoms with E-state index >= 15 is 0 Å². The highest BCUT2D eigenvalue weighted by atomic mass is 32.2. The Morgan fingerprint density at radius 3 is 2.73 bits per heavy atom. The summed E-state index contributed by atoms with van der Waals surface area (Å²) >= 11 is 1.80. The lowest BCUT2D eigenvalue weighted by atomic mass is 10.1. The van der Waals surface area contributed by atoms with E-state index in [0.29, 0.717) is 17.9 Å². The van der Waals surface area contributed by atoms with Crippen molar-refractivity contribution in [1.82, 2.24) is 20.1 Å². The van der Waals surface area contributed by atoms with E-state index in [9.17, 15) is 4.79 Å². The summed E-state index contributed by atoms with van der Waals surface area (Å²) in [6.07, 6.45) is 2.61. The van der Waals surface area contributed by atoms with Crippen molar-refractivity contribution in [1.29, 1.82) is 0 Å². The average molecular weight is 370 g/mol. The molecule has 0 spiro atoms. The van der Waals surface area contributed by atoms with Gasteiger partial charge in [-0.25, -0.2) is 4.98 Å². The van der Waals surface area contributed by atoms with Crippen molar-refractivity contribution in [2.24, 2.45) is 7.05 Å². The summed E-state index contributed by atoms with van der Waals surface area (Å²) < 4.78 is 7.02. The van der Waals surface area contributed by atoms with Gasteiger partial charge in [0.15, 0.2) is 5.82 Å². The van der Waals surface area contributed by atoms with Crippen LogP contribution < -0.4 is 5.32 Å². The molecule has 6 nitrogen and oxygen atoms in total. The number of amides is 1. The van der Waals surface area contributed by atoms with Gasteiger partial charge in [-0.2, -0.15) is 16.9 Å². The van der Waals surface area contributed by atoms with E-state index in [1.54, 1.807) is 22.7 Å². The predicted molar refractivity (Wildman–Crippen MR) is 103 cm³/mol. The van der Waals surface area contributed by atoms with Gasteiger partial charge in [0, 0.05) is 24.7 Å². The number of benzene rings is 1. The standard InChI is InChI=1S/C19H22N4O2S/c1-14-21-18(22-23(14)2)15-6-8-16(9-7-15)19(24)20-10-4-12-26-13-17-5-3-11-25-17/h3,5-9,11H,4,10,12-13H2,1-2H3,(H,20,24). The molecule has 0 radical (unpaired) electrons. The summed E-state index contributed by atoms with van der Waals surface area (Å²) in [6.45, 7) is 2.57. The van der Waals surface area contributed by atoms with Crippen molar-refractivity contribution in [3.8, 4) is 11.4 Å². The third kappa shape index (κ3) is 4.76. The molecule has 0 aliphatic rings. The first-order valence-electron chi connectivity index (χ1n) is 8.50. The molecule has 3 aromatic rings. The van der Waals surface area contributed by atoms with Crippen LogP contribution in [0.4, 0.5) is 0 Å². The number of nitrogens with one attached hydrogen (secondary N) is 1. The van der Waals surface area contributed by atoms with Crippen molar-refractivity contribution in [2.75, 3.05) is 12.3 Å². The third-order valence-corrected chi connectivity index (χ3v) is 5.03. The van der Waals surface area contributed by atoms with Crippen LogP contribution in [0.3, 0.4) is 0 Å². The molecule has 1 amide bonds. The van der Waals surface area contributed by atoms with E-state index in [0.717, 1.165) is 35.1 Å². The lowest BCUT2D eigenvalue weighted by Crippen LogP contribution is -2.24. The van der Waals surface area contributed by atoms with Gasteiger partial charge in [0.05, 0.1) is 12.0 Å². The molecule has 0 atom stereocenters. The molecule has 0 bridgehead atoms. The highest BCUT2D eigenvalue weighted by Crippen LogP contribution is 2.16. The fraction of sp³-hybridized carbons (Fsp3) is 0.316. The zero-order chi connectivity index (χ0) is 18.4. The van der Waals surface area contributed by atoms with Gasteiger partial charge in [-0.3, -0.25) is 9.48 Å². The number of carbonyl (C=O) groups is 1. The molecule has 0 aliphatic carbocycles. The summed E-state index contributed by atoms with van der Waals surface area (Å²) in [5, 5.41) is 7.30. The van der Waals surface area contributed by atoms with Gasteiger partial charge >= 0.3 is 0 Å². The van der Waals surface area contributed by atoms with Gasteiger partial charge < -0.3 is 9.73 Å². The fourth-order valence-corrected chi connectivity index (χ4v) is 3.26. The molecule has 136 valence electrons. The highest BCUT2D eigenvalue weighted by Gasteiger charge is 2.09. The minimum atomic E-state index is -0.0576. The van der Waals surface area contributed by atoms with Crippen LogP contribution in [0.15, 0.2) is 47.1 Å². The molecular weight excluding hydrogens is 348 g/mol. The second-order valence-corrected chi connectivity index (χ2v) is 7.03. The Balaban J connectivity index is 1.41. The van der Waals surface area contributed by atoms with Crippen LogP contribution in [-0.4, -0.2) is 33.0 Å². The summed E-state index contributed by atoms with van der Waals surface area (Å²) in [6, 6.07) is 11.2. The Morgan fingerprint density at radius 1 is 1.27 bits per heavy atom. The molecule has 0 saturated heterocycles. The Hall–Kier alpha value is -2.54. The molecule has 7 heteroatoms. The van der Waals surface area contributed by atoms with Crippen LogP contribution >= 0.6 is 11.8 Å². The smallest absolute Gasteiger partial charge is 0.251 e. The van der Waals surface area contributed by atoms with Crippen molar-refractivity contribution in [3.05, 3.63) is 59.8 Å². The second-order valence-electron chi connectivity index (χ2n) is 5.92. The Bertz CT molecular complexity index is 822. The quantitative estimate of drug-likeness (QED) is 0.615. The van der Waals surface area contributed by atoms with E-state index in [1.807, 2.05) is 50.4 Å². The topological polar surface area (TPSA) is 73.0 Å². The van der Waals surface area contributed by atoms with Crippen molar-refractivity contribution < 1.29 is 9.21 Å². The van der Waals surface area contributed by atoms with Gasteiger partial charge in [0.2, 0.25) is 0 Å². The van der Waals surface area contributed by atoms with Crippen LogP contribution in [0.5, 0.6) is 0 Å². The molecule has 0 fully saturated rings. The maximum atomic E-state index is 12.2. The van der Waals surface area contributed by atoms with E-state index < -0.39 is 0 Å². The molecule has 2 aromatic heterocycles. The van der Waals surface area contributed by atoms with Gasteiger partial charge in [0.1, 0.15) is 11.6 Å². The highest BCUT2D eigenvalue weighted by molar-refractivity contribution is 7.98. The van der Waals surface area contributed by atoms with Crippen molar-refractivity contribution in [2.45, 2.75) is 19.1 Å². The molecule has 1 aromatic carbocycles. The van der Waals surface area contributed by atoms with E-state index in [2.05, 4.69) is 15.4 Å². The third-order valence-electron chi connectivity index (χ3n) is 3.96. The van der Waals surface area contributed by atoms with Gasteiger partial charge in [-0.05, 0) is 43.4 Å². The average Bonchev–Trinajstić information content (AvgIpc) is 3.28. The van der Waals surface area contributed by atoms with Crippen LogP contribution in [0.2, 0.25) is 0 Å². The molecule has 26 heavy (non-hydrogen) atoms. The predicted octanol–water partition coefficient (Wildman–Crippen LogP) is 3.44. The first kappa shape index (κ1) is 18.3. The second kappa shape index (κ2) is 8.71. The fourth-order valence-electron chi connectivity index (χ4n) is 2.40. The summed E-state index contributed by atoms with van der Waals surface area (Å²) in [7, 11) is 1.86. The van der Waals surface area contributed by atoms with Crippen LogP contribution in [0, 0.1) is 6.92 Å². The number of hydrogen-bond donors (Lipinski definition) is 1. The maximum Gasteiger partial charge on any atom is 0.251 e. The number of hydrogen-bond acceptors (Lipinski definition) is 5. The normalized spacial score (nSPS) is 10.8. The monoisotopic (exact) mass is 370 g/mol. The molecule has 0 unspecified atom stereocenters. The molecule has 0 saturated carbocycles. The summed E-state index contributed by atoms with van der Waals surface area (Å²) in [5.74, 6) is 4.29. The Morgan fingerprint density at radius 2 is 2.08 bits per heavy atom. The van der Waals surface area contributed by atoms with E-state index in [1.165, 1.54) is 0 Å². The molecule has 1 N–H and O–H groups in total. The maximum absolute atomic E-state index is 12.2. The first-order chi connectivity index (χ1) is 12.6. The Kier molecular flexibility index (Phi) is 6.12. The summed E-state index contributed by atoms with van der Waals surface area (Å²) in [5.41, 5.74) is 1.55. The number of thioether (sulfide) groups is 1. The zero-order valence-electron chi connectivity index (χ0n) is 14.9. The zero-order valence-corrected chi connectivity index (χ0v) is 15.8. The first-order valence-corrected chi connectivity index (χ1v) is 9.65. The molecule has 2 heterocycles. The number of aryl methyl sites for hydroxylation is 2. The lowest BCUT2D eigenvalue weighted by Gasteiger charge is -2.05. The van der Waals surface area contributed by atoms with Crippen molar-refractivity contribution in [3.63, 3.8) is 0 Å². The number of nitrogens with zero attached hydrogens (tertiary/aromatic N) is 3. The largest absolute Gasteiger partial charge is 0.468 e. The summed E-state index contributed by atoms with van der Waals surface area (Å²) in [4.78, 5) is 16.6. The molecule has 0 aliphatic heterocycles. The van der Waals surface area contributed by atoms with Gasteiger partial charge in [-0.1, -0.05) is 12.1 Å². The minimum Gasteiger partial charge on any atom is -0.468 e. The molecule has 3 rings (SSSR count). The SMILES string of the molecule is Cc1nc(-c2ccc(C(=O)NCCCSCc3ccco3)cc2)nn1C. The van der Waals surface area contributed by atoms with E-state index in [-0.39, 0.29) is 5.91 Å². The number of rotatable bonds is 8. The van der Waals surface area contributed by atoms with E-state index in [4.69, 9.17) is 4.42 Å².